The molecule has 2 aromatic heterocycles. The van der Waals surface area contributed by atoms with Crippen LogP contribution in [0.15, 0.2) is 75.4 Å². The van der Waals surface area contributed by atoms with E-state index in [0.29, 0.717) is 28.4 Å². The standard InChI is InChI=1S/C22H20N4O3S/c1-24-19-18(20(28)25(2)22(24)29)26(13-15-9-5-3-6-10-15)21(23-19)30-14-17(27)16-11-7-4-8-12-16/h3-12H,13-14H2,1-2H3. The maximum atomic E-state index is 12.9. The van der Waals surface area contributed by atoms with Crippen molar-refractivity contribution in [2.45, 2.75) is 11.7 Å². The SMILES string of the molecule is Cn1c(=O)c2c(nc(SCC(=O)c3ccccc3)n2Cc2ccccc2)n(C)c1=O. The summed E-state index contributed by atoms with van der Waals surface area (Å²) in [6.45, 7) is 0.409. The van der Waals surface area contributed by atoms with Gasteiger partial charge in [-0.25, -0.2) is 9.78 Å². The predicted molar refractivity (Wildman–Crippen MR) is 117 cm³/mol. The second-order valence-electron chi connectivity index (χ2n) is 6.92. The minimum absolute atomic E-state index is 0.0271. The molecule has 0 spiro atoms. The van der Waals surface area contributed by atoms with Crippen LogP contribution in [-0.2, 0) is 20.6 Å². The summed E-state index contributed by atoms with van der Waals surface area (Å²) in [5.41, 5.74) is 1.43. The zero-order chi connectivity index (χ0) is 21.3. The van der Waals surface area contributed by atoms with Gasteiger partial charge in [-0.3, -0.25) is 18.7 Å². The first-order valence-electron chi connectivity index (χ1n) is 9.38. The van der Waals surface area contributed by atoms with Crippen molar-refractivity contribution in [1.29, 1.82) is 0 Å². The molecule has 0 unspecified atom stereocenters. The fraction of sp³-hybridized carbons (Fsp3) is 0.182. The minimum atomic E-state index is -0.436. The van der Waals surface area contributed by atoms with Crippen LogP contribution in [0.5, 0.6) is 0 Å². The Bertz CT molecular complexity index is 1340. The molecule has 152 valence electrons. The van der Waals surface area contributed by atoms with Crippen LogP contribution < -0.4 is 11.2 Å². The van der Waals surface area contributed by atoms with Crippen LogP contribution in [0, 0.1) is 0 Å². The van der Waals surface area contributed by atoms with E-state index in [4.69, 9.17) is 0 Å². The molecule has 0 aliphatic carbocycles. The molecule has 0 bridgehead atoms. The van der Waals surface area contributed by atoms with Gasteiger partial charge in [-0.15, -0.1) is 0 Å². The number of ketones is 1. The third-order valence-electron chi connectivity index (χ3n) is 4.92. The number of fused-ring (bicyclic) bond motifs is 1. The normalized spacial score (nSPS) is 11.1. The fourth-order valence-electron chi connectivity index (χ4n) is 3.29. The summed E-state index contributed by atoms with van der Waals surface area (Å²) in [6.07, 6.45) is 0. The van der Waals surface area contributed by atoms with E-state index in [0.717, 1.165) is 10.1 Å². The van der Waals surface area contributed by atoms with Crippen LogP contribution >= 0.6 is 11.8 Å². The number of carbonyl (C=O) groups excluding carboxylic acids is 1. The van der Waals surface area contributed by atoms with Crippen molar-refractivity contribution in [3.8, 4) is 0 Å². The molecule has 0 aliphatic heterocycles. The monoisotopic (exact) mass is 420 g/mol. The Morgan fingerprint density at radius 2 is 1.57 bits per heavy atom. The molecule has 2 aromatic carbocycles. The summed E-state index contributed by atoms with van der Waals surface area (Å²) in [7, 11) is 3.04. The predicted octanol–water partition coefficient (Wildman–Crippen LogP) is 2.46. The minimum Gasteiger partial charge on any atom is -0.309 e. The summed E-state index contributed by atoms with van der Waals surface area (Å²) >= 11 is 1.26. The first-order chi connectivity index (χ1) is 14.5. The molecule has 0 radical (unpaired) electrons. The Hall–Kier alpha value is -3.39. The van der Waals surface area contributed by atoms with Crippen LogP contribution in [0.3, 0.4) is 0 Å². The van der Waals surface area contributed by atoms with Gasteiger partial charge in [-0.05, 0) is 5.56 Å². The molecule has 0 saturated heterocycles. The number of hydrogen-bond donors (Lipinski definition) is 0. The molecule has 0 N–H and O–H groups in total. The number of hydrogen-bond acceptors (Lipinski definition) is 5. The molecule has 0 saturated carbocycles. The number of aryl methyl sites for hydroxylation is 1. The van der Waals surface area contributed by atoms with Crippen LogP contribution in [0.25, 0.3) is 11.2 Å². The third-order valence-corrected chi connectivity index (χ3v) is 5.90. The summed E-state index contributed by atoms with van der Waals surface area (Å²) in [5, 5.41) is 0.524. The lowest BCUT2D eigenvalue weighted by Crippen LogP contribution is -2.37. The zero-order valence-electron chi connectivity index (χ0n) is 16.6. The van der Waals surface area contributed by atoms with Crippen LogP contribution in [-0.4, -0.2) is 30.2 Å². The first kappa shape index (κ1) is 19.9. The summed E-state index contributed by atoms with van der Waals surface area (Å²) < 4.78 is 4.23. The van der Waals surface area contributed by atoms with E-state index in [1.807, 2.05) is 48.5 Å². The van der Waals surface area contributed by atoms with Crippen molar-refractivity contribution in [3.63, 3.8) is 0 Å². The average molecular weight is 420 g/mol. The Kier molecular flexibility index (Phi) is 5.41. The van der Waals surface area contributed by atoms with Gasteiger partial charge >= 0.3 is 5.69 Å². The van der Waals surface area contributed by atoms with E-state index >= 15 is 0 Å². The van der Waals surface area contributed by atoms with Gasteiger partial charge in [0.2, 0.25) is 0 Å². The lowest BCUT2D eigenvalue weighted by molar-refractivity contribution is 0.102. The highest BCUT2D eigenvalue weighted by Gasteiger charge is 2.20. The molecule has 7 nitrogen and oxygen atoms in total. The number of benzene rings is 2. The van der Waals surface area contributed by atoms with E-state index in [-0.39, 0.29) is 11.5 Å². The van der Waals surface area contributed by atoms with Gasteiger partial charge in [0.25, 0.3) is 5.56 Å². The quantitative estimate of drug-likeness (QED) is 0.354. The fourth-order valence-corrected chi connectivity index (χ4v) is 4.18. The highest BCUT2D eigenvalue weighted by molar-refractivity contribution is 7.99. The molecule has 0 atom stereocenters. The lowest BCUT2D eigenvalue weighted by Gasteiger charge is -2.09. The molecular weight excluding hydrogens is 400 g/mol. The van der Waals surface area contributed by atoms with Gasteiger partial charge in [0.1, 0.15) is 0 Å². The molecule has 30 heavy (non-hydrogen) atoms. The topological polar surface area (TPSA) is 78.9 Å². The van der Waals surface area contributed by atoms with Crippen molar-refractivity contribution in [3.05, 3.63) is 92.6 Å². The van der Waals surface area contributed by atoms with Crippen molar-refractivity contribution < 1.29 is 4.79 Å². The molecule has 4 rings (SSSR count). The largest absolute Gasteiger partial charge is 0.332 e. The zero-order valence-corrected chi connectivity index (χ0v) is 17.4. The second kappa shape index (κ2) is 8.16. The Morgan fingerprint density at radius 1 is 0.933 bits per heavy atom. The van der Waals surface area contributed by atoms with E-state index in [9.17, 15) is 14.4 Å². The molecule has 0 amide bonds. The van der Waals surface area contributed by atoms with Crippen molar-refractivity contribution in [2.24, 2.45) is 14.1 Å². The van der Waals surface area contributed by atoms with Crippen molar-refractivity contribution >= 4 is 28.7 Å². The summed E-state index contributed by atoms with van der Waals surface area (Å²) in [6, 6.07) is 18.7. The van der Waals surface area contributed by atoms with Crippen molar-refractivity contribution in [2.75, 3.05) is 5.75 Å². The molecular formula is C22H20N4O3S. The Labute approximate surface area is 176 Å². The number of rotatable bonds is 6. The van der Waals surface area contributed by atoms with Gasteiger partial charge in [-0.1, -0.05) is 72.4 Å². The summed E-state index contributed by atoms with van der Waals surface area (Å²) in [4.78, 5) is 42.4. The van der Waals surface area contributed by atoms with E-state index in [2.05, 4.69) is 4.98 Å². The van der Waals surface area contributed by atoms with Gasteiger partial charge in [0.15, 0.2) is 22.1 Å². The summed E-state index contributed by atoms with van der Waals surface area (Å²) in [5.74, 6) is 0.150. The Morgan fingerprint density at radius 3 is 2.23 bits per heavy atom. The number of aromatic nitrogens is 4. The van der Waals surface area contributed by atoms with Gasteiger partial charge < -0.3 is 4.57 Å². The number of thioether (sulfide) groups is 1. The molecule has 2 heterocycles. The van der Waals surface area contributed by atoms with E-state index < -0.39 is 11.2 Å². The van der Waals surface area contributed by atoms with Gasteiger partial charge in [0, 0.05) is 19.7 Å². The molecule has 4 aromatic rings. The molecule has 0 aliphatic rings. The number of carbonyl (C=O) groups is 1. The van der Waals surface area contributed by atoms with Crippen LogP contribution in [0.2, 0.25) is 0 Å². The van der Waals surface area contributed by atoms with E-state index in [1.165, 1.54) is 23.4 Å². The Balaban J connectivity index is 1.79. The molecule has 8 heteroatoms. The van der Waals surface area contributed by atoms with E-state index in [1.54, 1.807) is 23.7 Å². The number of nitrogens with zero attached hydrogens (tertiary/aromatic N) is 4. The highest BCUT2D eigenvalue weighted by Crippen LogP contribution is 2.24. The first-order valence-corrected chi connectivity index (χ1v) is 10.4. The smallest absolute Gasteiger partial charge is 0.309 e. The molecule has 0 fully saturated rings. The van der Waals surface area contributed by atoms with Gasteiger partial charge in [-0.2, -0.15) is 0 Å². The second-order valence-corrected chi connectivity index (χ2v) is 7.86. The maximum Gasteiger partial charge on any atom is 0.332 e. The highest BCUT2D eigenvalue weighted by atomic mass is 32.2. The maximum absolute atomic E-state index is 12.9. The van der Waals surface area contributed by atoms with Crippen LogP contribution in [0.1, 0.15) is 15.9 Å². The van der Waals surface area contributed by atoms with Crippen molar-refractivity contribution in [1.82, 2.24) is 18.7 Å². The van der Waals surface area contributed by atoms with Crippen LogP contribution in [0.4, 0.5) is 0 Å². The van der Waals surface area contributed by atoms with Gasteiger partial charge in [0.05, 0.1) is 12.3 Å². The average Bonchev–Trinajstić information content (AvgIpc) is 3.14. The number of imidazole rings is 1. The number of Topliss-reactive ketones (excluding diaryl/α,β-unsaturated/α-hetero) is 1. The third kappa shape index (κ3) is 3.61. The lowest BCUT2D eigenvalue weighted by atomic mass is 10.2.